The van der Waals surface area contributed by atoms with Crippen LogP contribution in [0.3, 0.4) is 0 Å². The van der Waals surface area contributed by atoms with Crippen LogP contribution in [0.2, 0.25) is 5.02 Å². The molecule has 2 fully saturated rings. The van der Waals surface area contributed by atoms with Gasteiger partial charge in [0.25, 0.3) is 0 Å². The Morgan fingerprint density at radius 1 is 1.12 bits per heavy atom. The third kappa shape index (κ3) is 3.64. The monoisotopic (exact) mass is 347 g/mol. The van der Waals surface area contributed by atoms with Gasteiger partial charge in [-0.2, -0.15) is 5.10 Å². The van der Waals surface area contributed by atoms with Crippen molar-refractivity contribution in [3.05, 3.63) is 47.2 Å². The first kappa shape index (κ1) is 16.1. The van der Waals surface area contributed by atoms with E-state index in [0.717, 1.165) is 56.4 Å². The highest BCUT2D eigenvalue weighted by Gasteiger charge is 2.31. The highest BCUT2D eigenvalue weighted by atomic mass is 35.5. The predicted molar refractivity (Wildman–Crippen MR) is 92.6 cm³/mol. The van der Waals surface area contributed by atoms with E-state index in [2.05, 4.69) is 16.2 Å². The Kier molecular flexibility index (Phi) is 4.85. The van der Waals surface area contributed by atoms with E-state index in [1.165, 1.54) is 5.56 Å². The Morgan fingerprint density at radius 2 is 1.96 bits per heavy atom. The van der Waals surface area contributed by atoms with E-state index in [1.807, 2.05) is 35.1 Å². The lowest BCUT2D eigenvalue weighted by molar-refractivity contribution is -0.0959. The summed E-state index contributed by atoms with van der Waals surface area (Å²) in [5.41, 5.74) is 2.22. The fourth-order valence-corrected chi connectivity index (χ4v) is 3.56. The largest absolute Gasteiger partial charge is 0.375 e. The standard InChI is InChI=1S/C18H22ClN3O2/c19-15-3-5-16(6-4-15)22-12-14(10-20-22)11-21-7-9-24-18(13-21)17-2-1-8-23-17/h3-6,10,12,17-18H,1-2,7-9,11,13H2/t17-,18+/m1/s1. The van der Waals surface area contributed by atoms with Gasteiger partial charge >= 0.3 is 0 Å². The molecule has 5 nitrogen and oxygen atoms in total. The first-order chi connectivity index (χ1) is 11.8. The van der Waals surface area contributed by atoms with Gasteiger partial charge in [-0.15, -0.1) is 0 Å². The maximum Gasteiger partial charge on any atom is 0.0963 e. The third-order valence-electron chi connectivity index (χ3n) is 4.69. The number of hydrogen-bond acceptors (Lipinski definition) is 4. The molecule has 0 spiro atoms. The molecule has 1 aromatic carbocycles. The molecule has 0 radical (unpaired) electrons. The van der Waals surface area contributed by atoms with E-state index in [9.17, 15) is 0 Å². The summed E-state index contributed by atoms with van der Waals surface area (Å²) in [6.45, 7) is 4.42. The lowest BCUT2D eigenvalue weighted by Gasteiger charge is -2.35. The summed E-state index contributed by atoms with van der Waals surface area (Å²) in [5, 5.41) is 5.20. The van der Waals surface area contributed by atoms with Crippen molar-refractivity contribution >= 4 is 11.6 Å². The SMILES string of the molecule is Clc1ccc(-n2cc(CN3CCO[C@H]([C@H]4CCCO4)C3)cn2)cc1. The molecule has 4 rings (SSSR count). The van der Waals surface area contributed by atoms with Crippen LogP contribution in [0.4, 0.5) is 0 Å². The number of benzene rings is 1. The Labute approximate surface area is 147 Å². The van der Waals surface area contributed by atoms with Crippen LogP contribution in [0.25, 0.3) is 5.69 Å². The number of hydrogen-bond donors (Lipinski definition) is 0. The molecule has 2 saturated heterocycles. The second-order valence-electron chi connectivity index (χ2n) is 6.47. The fraction of sp³-hybridized carbons (Fsp3) is 0.500. The van der Waals surface area contributed by atoms with Crippen LogP contribution in [-0.2, 0) is 16.0 Å². The van der Waals surface area contributed by atoms with Gasteiger partial charge in [-0.05, 0) is 37.1 Å². The van der Waals surface area contributed by atoms with Gasteiger partial charge in [0.2, 0.25) is 0 Å². The normalized spacial score (nSPS) is 25.2. The smallest absolute Gasteiger partial charge is 0.0963 e. The van der Waals surface area contributed by atoms with Gasteiger partial charge in [-0.1, -0.05) is 11.6 Å². The van der Waals surface area contributed by atoms with Crippen molar-refractivity contribution in [3.8, 4) is 5.69 Å². The molecule has 0 bridgehead atoms. The number of halogens is 1. The zero-order valence-electron chi connectivity index (χ0n) is 13.6. The molecule has 3 heterocycles. The van der Waals surface area contributed by atoms with E-state index in [4.69, 9.17) is 21.1 Å². The molecule has 0 N–H and O–H groups in total. The molecule has 0 amide bonds. The average molecular weight is 348 g/mol. The fourth-order valence-electron chi connectivity index (χ4n) is 3.43. The molecule has 1 aromatic heterocycles. The van der Waals surface area contributed by atoms with Crippen molar-refractivity contribution < 1.29 is 9.47 Å². The summed E-state index contributed by atoms with van der Waals surface area (Å²) >= 11 is 5.94. The zero-order chi connectivity index (χ0) is 16.4. The minimum Gasteiger partial charge on any atom is -0.375 e. The van der Waals surface area contributed by atoms with Gasteiger partial charge in [0.1, 0.15) is 0 Å². The predicted octanol–water partition coefficient (Wildman–Crippen LogP) is 2.91. The second-order valence-corrected chi connectivity index (χ2v) is 6.90. The van der Waals surface area contributed by atoms with Crippen LogP contribution in [-0.4, -0.2) is 53.2 Å². The van der Waals surface area contributed by atoms with Gasteiger partial charge < -0.3 is 9.47 Å². The Balaban J connectivity index is 1.39. The topological polar surface area (TPSA) is 39.5 Å². The number of aromatic nitrogens is 2. The Hall–Kier alpha value is -1.40. The second kappa shape index (κ2) is 7.23. The van der Waals surface area contributed by atoms with Crippen molar-refractivity contribution in [1.29, 1.82) is 0 Å². The lowest BCUT2D eigenvalue weighted by Crippen LogP contribution is -2.47. The molecule has 2 aliphatic heterocycles. The number of morpholine rings is 1. The first-order valence-corrected chi connectivity index (χ1v) is 8.91. The van der Waals surface area contributed by atoms with Gasteiger partial charge in [-0.25, -0.2) is 4.68 Å². The summed E-state index contributed by atoms with van der Waals surface area (Å²) < 4.78 is 13.6. The van der Waals surface area contributed by atoms with Gasteiger partial charge in [0.05, 0.1) is 30.7 Å². The molecule has 24 heavy (non-hydrogen) atoms. The lowest BCUT2D eigenvalue weighted by atomic mass is 10.1. The van der Waals surface area contributed by atoms with Crippen LogP contribution in [0.15, 0.2) is 36.7 Å². The molecule has 0 unspecified atom stereocenters. The average Bonchev–Trinajstić information content (AvgIpc) is 3.28. The first-order valence-electron chi connectivity index (χ1n) is 8.53. The van der Waals surface area contributed by atoms with E-state index >= 15 is 0 Å². The van der Waals surface area contributed by atoms with Crippen LogP contribution >= 0.6 is 11.6 Å². The Morgan fingerprint density at radius 3 is 2.75 bits per heavy atom. The molecular weight excluding hydrogens is 326 g/mol. The van der Waals surface area contributed by atoms with E-state index in [1.54, 1.807) is 0 Å². The molecule has 0 aliphatic carbocycles. The Bertz CT molecular complexity index is 667. The quantitative estimate of drug-likeness (QED) is 0.852. The number of ether oxygens (including phenoxy) is 2. The summed E-state index contributed by atoms with van der Waals surface area (Å²) in [6, 6.07) is 7.71. The molecule has 6 heteroatoms. The van der Waals surface area contributed by atoms with Crippen LogP contribution in [0.1, 0.15) is 18.4 Å². The van der Waals surface area contributed by atoms with Gasteiger partial charge in [0, 0.05) is 43.0 Å². The van der Waals surface area contributed by atoms with Crippen molar-refractivity contribution in [3.63, 3.8) is 0 Å². The highest BCUT2D eigenvalue weighted by Crippen LogP contribution is 2.22. The van der Waals surface area contributed by atoms with Gasteiger partial charge in [-0.3, -0.25) is 4.90 Å². The number of nitrogens with zero attached hydrogens (tertiary/aromatic N) is 3. The van der Waals surface area contributed by atoms with E-state index < -0.39 is 0 Å². The molecule has 2 atom stereocenters. The highest BCUT2D eigenvalue weighted by molar-refractivity contribution is 6.30. The third-order valence-corrected chi connectivity index (χ3v) is 4.94. The molecule has 0 saturated carbocycles. The summed E-state index contributed by atoms with van der Waals surface area (Å²) in [5.74, 6) is 0. The van der Waals surface area contributed by atoms with Crippen LogP contribution in [0, 0.1) is 0 Å². The minimum absolute atomic E-state index is 0.201. The maximum absolute atomic E-state index is 5.94. The molecule has 2 aromatic rings. The minimum atomic E-state index is 0.201. The maximum atomic E-state index is 5.94. The van der Waals surface area contributed by atoms with E-state index in [-0.39, 0.29) is 12.2 Å². The summed E-state index contributed by atoms with van der Waals surface area (Å²) in [6.07, 6.45) is 6.76. The van der Waals surface area contributed by atoms with Crippen molar-refractivity contribution in [2.24, 2.45) is 0 Å². The van der Waals surface area contributed by atoms with Crippen molar-refractivity contribution in [1.82, 2.24) is 14.7 Å². The summed E-state index contributed by atoms with van der Waals surface area (Å²) in [7, 11) is 0. The van der Waals surface area contributed by atoms with Crippen molar-refractivity contribution in [2.45, 2.75) is 31.6 Å². The summed E-state index contributed by atoms with van der Waals surface area (Å²) in [4.78, 5) is 2.43. The number of rotatable bonds is 4. The van der Waals surface area contributed by atoms with E-state index in [0.29, 0.717) is 0 Å². The van der Waals surface area contributed by atoms with Crippen LogP contribution < -0.4 is 0 Å². The molecule has 128 valence electrons. The zero-order valence-corrected chi connectivity index (χ0v) is 14.4. The van der Waals surface area contributed by atoms with Gasteiger partial charge in [0.15, 0.2) is 0 Å². The van der Waals surface area contributed by atoms with Crippen LogP contribution in [0.5, 0.6) is 0 Å². The molecular formula is C18H22ClN3O2. The van der Waals surface area contributed by atoms with Crippen molar-refractivity contribution in [2.75, 3.05) is 26.3 Å². The molecule has 2 aliphatic rings.